The topological polar surface area (TPSA) is 52.2 Å². The molecular formula is C25H22N4OS2. The average molecular weight is 459 g/mol. The van der Waals surface area contributed by atoms with Crippen molar-refractivity contribution in [2.24, 2.45) is 0 Å². The summed E-state index contributed by atoms with van der Waals surface area (Å²) >= 11 is 3.42. The van der Waals surface area contributed by atoms with E-state index in [-0.39, 0.29) is 5.56 Å². The van der Waals surface area contributed by atoms with Gasteiger partial charge in [-0.1, -0.05) is 66.7 Å². The van der Waals surface area contributed by atoms with Crippen molar-refractivity contribution in [3.05, 3.63) is 87.0 Å². The number of fused-ring (bicyclic) bond motifs is 5. The molecule has 0 amide bonds. The Hall–Kier alpha value is -2.90. The Balaban J connectivity index is 1.61. The minimum Gasteiger partial charge on any atom is -0.268 e. The third-order valence-corrected chi connectivity index (χ3v) is 8.34. The Morgan fingerprint density at radius 1 is 0.906 bits per heavy atom. The van der Waals surface area contributed by atoms with Crippen LogP contribution in [-0.4, -0.2) is 19.2 Å². The maximum absolute atomic E-state index is 13.9. The highest BCUT2D eigenvalue weighted by molar-refractivity contribution is 7.98. The first-order valence-corrected chi connectivity index (χ1v) is 12.8. The van der Waals surface area contributed by atoms with E-state index >= 15 is 0 Å². The highest BCUT2D eigenvalue weighted by Gasteiger charge is 2.25. The molecule has 0 spiro atoms. The van der Waals surface area contributed by atoms with Crippen LogP contribution in [0, 0.1) is 0 Å². The lowest BCUT2D eigenvalue weighted by atomic mass is 10.1. The van der Waals surface area contributed by atoms with Crippen LogP contribution >= 0.6 is 23.1 Å². The van der Waals surface area contributed by atoms with Crippen LogP contribution in [0.25, 0.3) is 21.7 Å². The molecule has 0 unspecified atom stereocenters. The minimum atomic E-state index is 0.0186. The Labute approximate surface area is 193 Å². The molecule has 1 aliphatic carbocycles. The van der Waals surface area contributed by atoms with Crippen LogP contribution in [0.15, 0.2) is 70.6 Å². The van der Waals surface area contributed by atoms with Crippen molar-refractivity contribution in [2.75, 3.05) is 0 Å². The molecule has 3 aromatic heterocycles. The molecule has 0 fully saturated rings. The summed E-state index contributed by atoms with van der Waals surface area (Å²) in [5.41, 5.74) is 3.32. The number of rotatable bonds is 4. The summed E-state index contributed by atoms with van der Waals surface area (Å²) < 4.78 is 3.84. The Morgan fingerprint density at radius 2 is 1.66 bits per heavy atom. The summed E-state index contributed by atoms with van der Waals surface area (Å²) in [6.45, 7) is 0. The molecule has 160 valence electrons. The lowest BCUT2D eigenvalue weighted by Crippen LogP contribution is -2.22. The standard InChI is InChI=1S/C25H22N4OS2/c30-22-21-19-14-8-3-9-15-20(19)32-23(21)29-24(28(22)18-12-6-2-7-13-18)26-27-25(29)31-16-17-10-4-1-5-11-17/h1-2,4-7,10-13H,3,8-9,14-16H2. The van der Waals surface area contributed by atoms with Crippen molar-refractivity contribution in [3.8, 4) is 5.69 Å². The number of nitrogens with zero attached hydrogens (tertiary/aromatic N) is 4. The number of aromatic nitrogens is 4. The zero-order chi connectivity index (χ0) is 21.5. The van der Waals surface area contributed by atoms with Gasteiger partial charge in [-0.05, 0) is 48.9 Å². The lowest BCUT2D eigenvalue weighted by molar-refractivity contribution is 0.713. The molecule has 5 aromatic rings. The van der Waals surface area contributed by atoms with E-state index in [4.69, 9.17) is 0 Å². The zero-order valence-corrected chi connectivity index (χ0v) is 19.2. The summed E-state index contributed by atoms with van der Waals surface area (Å²) in [6.07, 6.45) is 5.57. The van der Waals surface area contributed by atoms with Crippen LogP contribution in [-0.2, 0) is 18.6 Å². The molecule has 0 N–H and O–H groups in total. The molecule has 7 heteroatoms. The van der Waals surface area contributed by atoms with E-state index in [2.05, 4.69) is 38.9 Å². The van der Waals surface area contributed by atoms with Crippen LogP contribution < -0.4 is 5.56 Å². The first-order valence-electron chi connectivity index (χ1n) is 11.0. The number of hydrogen-bond acceptors (Lipinski definition) is 5. The first kappa shape index (κ1) is 19.8. The third-order valence-electron chi connectivity index (χ3n) is 6.06. The van der Waals surface area contributed by atoms with Crippen LogP contribution in [0.4, 0.5) is 0 Å². The lowest BCUT2D eigenvalue weighted by Gasteiger charge is -2.10. The fraction of sp³-hybridized carbons (Fsp3) is 0.240. The van der Waals surface area contributed by atoms with Crippen LogP contribution in [0.1, 0.15) is 35.3 Å². The van der Waals surface area contributed by atoms with Gasteiger partial charge in [0, 0.05) is 10.6 Å². The second-order valence-electron chi connectivity index (χ2n) is 8.11. The van der Waals surface area contributed by atoms with E-state index < -0.39 is 0 Å². The van der Waals surface area contributed by atoms with Gasteiger partial charge in [0.25, 0.3) is 5.56 Å². The van der Waals surface area contributed by atoms with E-state index in [1.165, 1.54) is 28.8 Å². The minimum absolute atomic E-state index is 0.0186. The Kier molecular flexibility index (Phi) is 5.08. The monoisotopic (exact) mass is 458 g/mol. The number of hydrogen-bond donors (Lipinski definition) is 0. The van der Waals surface area contributed by atoms with Gasteiger partial charge in [-0.15, -0.1) is 21.5 Å². The number of thioether (sulfide) groups is 1. The molecule has 0 saturated heterocycles. The molecule has 1 aliphatic rings. The Morgan fingerprint density at radius 3 is 2.47 bits per heavy atom. The van der Waals surface area contributed by atoms with Gasteiger partial charge in [0.15, 0.2) is 5.16 Å². The van der Waals surface area contributed by atoms with E-state index in [1.807, 2.05) is 36.4 Å². The van der Waals surface area contributed by atoms with Crippen molar-refractivity contribution in [1.82, 2.24) is 19.2 Å². The summed E-state index contributed by atoms with van der Waals surface area (Å²) in [7, 11) is 0. The number of thiophene rings is 1. The van der Waals surface area contributed by atoms with Gasteiger partial charge in [-0.2, -0.15) is 0 Å². The molecule has 0 bridgehead atoms. The van der Waals surface area contributed by atoms with Crippen LogP contribution in [0.5, 0.6) is 0 Å². The first-order chi connectivity index (χ1) is 15.8. The predicted octanol–water partition coefficient (Wildman–Crippen LogP) is 5.66. The van der Waals surface area contributed by atoms with E-state index in [9.17, 15) is 4.79 Å². The molecule has 5 nitrogen and oxygen atoms in total. The van der Waals surface area contributed by atoms with Gasteiger partial charge in [-0.25, -0.2) is 8.97 Å². The maximum atomic E-state index is 13.9. The second-order valence-corrected chi connectivity index (χ2v) is 10.1. The average Bonchev–Trinajstić information content (AvgIpc) is 3.33. The second kappa shape index (κ2) is 8.22. The van der Waals surface area contributed by atoms with Crippen molar-refractivity contribution >= 4 is 39.1 Å². The molecule has 0 saturated carbocycles. The predicted molar refractivity (Wildman–Crippen MR) is 131 cm³/mol. The molecule has 32 heavy (non-hydrogen) atoms. The van der Waals surface area contributed by atoms with Gasteiger partial charge >= 0.3 is 0 Å². The summed E-state index contributed by atoms with van der Waals surface area (Å²) in [5, 5.41) is 10.7. The quantitative estimate of drug-likeness (QED) is 0.258. The van der Waals surface area contributed by atoms with Gasteiger partial charge in [-0.3, -0.25) is 4.79 Å². The third kappa shape index (κ3) is 3.27. The zero-order valence-electron chi connectivity index (χ0n) is 17.5. The largest absolute Gasteiger partial charge is 0.268 e. The van der Waals surface area contributed by atoms with E-state index in [0.717, 1.165) is 46.1 Å². The normalized spacial score (nSPS) is 14.0. The smallest absolute Gasteiger partial charge is 0.268 e. The molecular weight excluding hydrogens is 436 g/mol. The molecule has 0 aliphatic heterocycles. The van der Waals surface area contributed by atoms with Crippen LogP contribution in [0.3, 0.4) is 0 Å². The SMILES string of the molecule is O=c1c2c3c(sc2n2c(SCc4ccccc4)nnc2n1-c1ccccc1)CCCCC3. The molecule has 0 atom stereocenters. The molecule has 3 heterocycles. The number of para-hydroxylation sites is 1. The number of benzene rings is 2. The highest BCUT2D eigenvalue weighted by Crippen LogP contribution is 2.36. The highest BCUT2D eigenvalue weighted by atomic mass is 32.2. The van der Waals surface area contributed by atoms with E-state index in [0.29, 0.717) is 5.78 Å². The van der Waals surface area contributed by atoms with Gasteiger partial charge in [0.2, 0.25) is 5.78 Å². The van der Waals surface area contributed by atoms with Crippen molar-refractivity contribution in [1.29, 1.82) is 0 Å². The van der Waals surface area contributed by atoms with Crippen LogP contribution in [0.2, 0.25) is 0 Å². The van der Waals surface area contributed by atoms with Crippen molar-refractivity contribution in [2.45, 2.75) is 43.0 Å². The summed E-state index contributed by atoms with van der Waals surface area (Å²) in [5.74, 6) is 1.39. The van der Waals surface area contributed by atoms with Gasteiger partial charge in [0.1, 0.15) is 4.83 Å². The summed E-state index contributed by atoms with van der Waals surface area (Å²) in [4.78, 5) is 16.2. The van der Waals surface area contributed by atoms with Gasteiger partial charge in [0.05, 0.1) is 11.1 Å². The molecule has 2 aromatic carbocycles. The molecule has 6 rings (SSSR count). The fourth-order valence-electron chi connectivity index (χ4n) is 4.52. The number of aryl methyl sites for hydroxylation is 2. The Bertz CT molecular complexity index is 1470. The van der Waals surface area contributed by atoms with Crippen molar-refractivity contribution in [3.63, 3.8) is 0 Å². The van der Waals surface area contributed by atoms with Gasteiger partial charge < -0.3 is 0 Å². The van der Waals surface area contributed by atoms with Crippen molar-refractivity contribution < 1.29 is 0 Å². The van der Waals surface area contributed by atoms with E-state index in [1.54, 1.807) is 27.7 Å². The summed E-state index contributed by atoms with van der Waals surface area (Å²) in [6, 6.07) is 20.2. The maximum Gasteiger partial charge on any atom is 0.268 e. The fourth-order valence-corrected chi connectivity index (χ4v) is 6.84. The molecule has 0 radical (unpaired) electrons.